The Balaban J connectivity index is 2.71. The zero-order valence-electron chi connectivity index (χ0n) is 7.32. The van der Waals surface area contributed by atoms with Gasteiger partial charge in [-0.15, -0.1) is 0 Å². The Morgan fingerprint density at radius 1 is 1.38 bits per heavy atom. The maximum absolute atomic E-state index is 10.8. The first kappa shape index (κ1) is 9.98. The Morgan fingerprint density at radius 3 is 2.46 bits per heavy atom. The van der Waals surface area contributed by atoms with Crippen LogP contribution in [0.5, 0.6) is 0 Å². The molecule has 0 spiro atoms. The molecular weight excluding hydrogens is 174 g/mol. The first-order valence-corrected chi connectivity index (χ1v) is 4.27. The predicted octanol–water partition coefficient (Wildman–Crippen LogP) is -0.674. The van der Waals surface area contributed by atoms with Gasteiger partial charge in [-0.2, -0.15) is 0 Å². The Morgan fingerprint density at radius 2 is 2.00 bits per heavy atom. The first-order chi connectivity index (χ1) is 5.96. The van der Waals surface area contributed by atoms with Crippen LogP contribution in [0.1, 0.15) is 25.7 Å². The van der Waals surface area contributed by atoms with Gasteiger partial charge in [-0.3, -0.25) is 4.79 Å². The molecule has 5 N–H and O–H groups in total. The Labute approximate surface area is 75.5 Å². The lowest BCUT2D eigenvalue weighted by molar-refractivity contribution is -0.470. The highest BCUT2D eigenvalue weighted by molar-refractivity contribution is 5.79. The molecule has 0 aromatic carbocycles. The number of carboxylic acids is 2. The number of rotatable bonds is 2. The quantitative estimate of drug-likeness (QED) is 0.534. The van der Waals surface area contributed by atoms with Gasteiger partial charge in [0.1, 0.15) is 0 Å². The molecule has 0 radical (unpaired) electrons. The first-order valence-electron chi connectivity index (χ1n) is 4.27. The summed E-state index contributed by atoms with van der Waals surface area (Å²) in [4.78, 5) is 21.4. The Kier molecular flexibility index (Phi) is 2.56. The van der Waals surface area contributed by atoms with Crippen molar-refractivity contribution >= 4 is 11.9 Å². The second kappa shape index (κ2) is 3.33. The second-order valence-electron chi connectivity index (χ2n) is 3.72. The summed E-state index contributed by atoms with van der Waals surface area (Å²) in [5.41, 5.74) is 2.52. The fraction of sp³-hybridized carbons (Fsp3) is 0.750. The van der Waals surface area contributed by atoms with Crippen LogP contribution >= 0.6 is 0 Å². The van der Waals surface area contributed by atoms with Crippen molar-refractivity contribution in [1.29, 1.82) is 0 Å². The molecule has 1 aliphatic carbocycles. The van der Waals surface area contributed by atoms with E-state index in [0.29, 0.717) is 19.3 Å². The molecule has 0 bridgehead atoms. The number of quaternary nitrogens is 1. The molecule has 0 amide bonds. The van der Waals surface area contributed by atoms with Crippen molar-refractivity contribution in [3.8, 4) is 0 Å². The molecule has 0 aliphatic heterocycles. The summed E-state index contributed by atoms with van der Waals surface area (Å²) < 4.78 is 0. The molecule has 0 heterocycles. The molecule has 1 fully saturated rings. The lowest BCUT2D eigenvalue weighted by Gasteiger charge is -2.29. The van der Waals surface area contributed by atoms with E-state index in [4.69, 9.17) is 10.2 Å². The van der Waals surface area contributed by atoms with Crippen LogP contribution in [-0.4, -0.2) is 27.7 Å². The van der Waals surface area contributed by atoms with E-state index in [0.717, 1.165) is 0 Å². The molecule has 74 valence electrons. The van der Waals surface area contributed by atoms with Crippen molar-refractivity contribution in [3.63, 3.8) is 0 Å². The van der Waals surface area contributed by atoms with Gasteiger partial charge >= 0.3 is 11.9 Å². The molecular formula is C8H14NO4+. The highest BCUT2D eigenvalue weighted by atomic mass is 16.4. The Bertz CT molecular complexity index is 240. The average molecular weight is 188 g/mol. The number of hydrogen-bond acceptors (Lipinski definition) is 2. The molecule has 5 heteroatoms. The zero-order chi connectivity index (χ0) is 10.1. The fourth-order valence-corrected chi connectivity index (χ4v) is 1.77. The molecule has 0 aromatic heterocycles. The molecule has 0 aromatic rings. The highest BCUT2D eigenvalue weighted by Crippen LogP contribution is 2.29. The summed E-state index contributed by atoms with van der Waals surface area (Å²) in [5, 5.41) is 17.6. The fourth-order valence-electron chi connectivity index (χ4n) is 1.77. The summed E-state index contributed by atoms with van der Waals surface area (Å²) in [5.74, 6) is -2.44. The van der Waals surface area contributed by atoms with Crippen molar-refractivity contribution in [2.75, 3.05) is 0 Å². The molecule has 0 unspecified atom stereocenters. The van der Waals surface area contributed by atoms with Gasteiger partial charge in [0.2, 0.25) is 0 Å². The SMILES string of the molecule is [NH3+][C@@]1(C(=O)O)CCC[C@@H](C(=O)O)C1. The molecule has 1 saturated carbocycles. The van der Waals surface area contributed by atoms with Crippen molar-refractivity contribution in [3.05, 3.63) is 0 Å². The van der Waals surface area contributed by atoms with E-state index in [1.54, 1.807) is 0 Å². The minimum absolute atomic E-state index is 0.150. The van der Waals surface area contributed by atoms with E-state index in [1.165, 1.54) is 0 Å². The summed E-state index contributed by atoms with van der Waals surface area (Å²) >= 11 is 0. The highest BCUT2D eigenvalue weighted by Gasteiger charge is 2.45. The van der Waals surface area contributed by atoms with Gasteiger partial charge in [-0.05, 0) is 12.8 Å². The van der Waals surface area contributed by atoms with Gasteiger partial charge in [0.15, 0.2) is 5.54 Å². The van der Waals surface area contributed by atoms with Crippen LogP contribution in [0.15, 0.2) is 0 Å². The van der Waals surface area contributed by atoms with Crippen LogP contribution in [0, 0.1) is 5.92 Å². The van der Waals surface area contributed by atoms with Crippen LogP contribution < -0.4 is 5.73 Å². The Hall–Kier alpha value is -1.10. The van der Waals surface area contributed by atoms with Gasteiger partial charge in [0, 0.05) is 12.8 Å². The summed E-state index contributed by atoms with van der Waals surface area (Å²) in [6.07, 6.45) is 1.83. The van der Waals surface area contributed by atoms with E-state index in [-0.39, 0.29) is 6.42 Å². The second-order valence-corrected chi connectivity index (χ2v) is 3.72. The third-order valence-corrected chi connectivity index (χ3v) is 2.65. The van der Waals surface area contributed by atoms with Crippen LogP contribution in [0.25, 0.3) is 0 Å². The van der Waals surface area contributed by atoms with Crippen molar-refractivity contribution in [2.24, 2.45) is 5.92 Å². The summed E-state index contributed by atoms with van der Waals surface area (Å²) in [6, 6.07) is 0. The summed E-state index contributed by atoms with van der Waals surface area (Å²) in [6.45, 7) is 0. The van der Waals surface area contributed by atoms with E-state index in [9.17, 15) is 9.59 Å². The van der Waals surface area contributed by atoms with Gasteiger partial charge < -0.3 is 15.9 Å². The molecule has 0 saturated heterocycles. The monoisotopic (exact) mass is 188 g/mol. The average Bonchev–Trinajstić information content (AvgIpc) is 2.04. The van der Waals surface area contributed by atoms with E-state index in [1.807, 2.05) is 0 Å². The van der Waals surface area contributed by atoms with E-state index in [2.05, 4.69) is 5.73 Å². The summed E-state index contributed by atoms with van der Waals surface area (Å²) in [7, 11) is 0. The van der Waals surface area contributed by atoms with Gasteiger partial charge in [-0.25, -0.2) is 4.79 Å². The number of aliphatic carboxylic acids is 2. The van der Waals surface area contributed by atoms with Crippen LogP contribution in [0.3, 0.4) is 0 Å². The normalized spacial score (nSPS) is 34.1. The zero-order valence-corrected chi connectivity index (χ0v) is 7.32. The largest absolute Gasteiger partial charge is 0.481 e. The van der Waals surface area contributed by atoms with Gasteiger partial charge in [-0.1, -0.05) is 0 Å². The third-order valence-electron chi connectivity index (χ3n) is 2.65. The third kappa shape index (κ3) is 1.98. The smallest absolute Gasteiger partial charge is 0.365 e. The van der Waals surface area contributed by atoms with Gasteiger partial charge in [0.05, 0.1) is 5.92 Å². The van der Waals surface area contributed by atoms with Crippen LogP contribution in [0.2, 0.25) is 0 Å². The molecule has 1 aliphatic rings. The van der Waals surface area contributed by atoms with Crippen molar-refractivity contribution in [1.82, 2.24) is 0 Å². The van der Waals surface area contributed by atoms with Crippen LogP contribution in [-0.2, 0) is 9.59 Å². The number of hydrogen-bond donors (Lipinski definition) is 3. The predicted molar refractivity (Wildman–Crippen MR) is 42.8 cm³/mol. The van der Waals surface area contributed by atoms with E-state index >= 15 is 0 Å². The molecule has 13 heavy (non-hydrogen) atoms. The topological polar surface area (TPSA) is 102 Å². The number of carbonyl (C=O) groups is 2. The lowest BCUT2D eigenvalue weighted by Crippen LogP contribution is -2.78. The number of carboxylic acid groups (broad SMARTS) is 2. The maximum atomic E-state index is 10.8. The van der Waals surface area contributed by atoms with Gasteiger partial charge in [0.25, 0.3) is 0 Å². The minimum Gasteiger partial charge on any atom is -0.481 e. The lowest BCUT2D eigenvalue weighted by atomic mass is 9.76. The van der Waals surface area contributed by atoms with E-state index < -0.39 is 23.4 Å². The molecule has 2 atom stereocenters. The van der Waals surface area contributed by atoms with Crippen molar-refractivity contribution < 1.29 is 25.5 Å². The standard InChI is InChI=1S/C8H13NO4/c9-8(7(12)13)3-1-2-5(4-8)6(10)11/h5H,1-4,9H2,(H,10,11)(H,12,13)/p+1/t5-,8+/m1/s1. The molecule has 1 rings (SSSR count). The minimum atomic E-state index is -1.08. The molecule has 5 nitrogen and oxygen atoms in total. The van der Waals surface area contributed by atoms with Crippen LogP contribution in [0.4, 0.5) is 0 Å². The van der Waals surface area contributed by atoms with Crippen molar-refractivity contribution in [2.45, 2.75) is 31.2 Å². The maximum Gasteiger partial charge on any atom is 0.365 e.